The fourth-order valence-electron chi connectivity index (χ4n) is 6.31. The highest BCUT2D eigenvalue weighted by Crippen LogP contribution is 2.63. The number of allylic oxidation sites excluding steroid dienone is 1. The van der Waals surface area contributed by atoms with Gasteiger partial charge in [-0.3, -0.25) is 4.79 Å². The predicted molar refractivity (Wildman–Crippen MR) is 87.3 cm³/mol. The third-order valence-electron chi connectivity index (χ3n) is 7.65. The third-order valence-corrected chi connectivity index (χ3v) is 7.65. The molecule has 0 amide bonds. The van der Waals surface area contributed by atoms with Crippen molar-refractivity contribution >= 4 is 5.78 Å². The van der Waals surface area contributed by atoms with Gasteiger partial charge in [-0.05, 0) is 62.2 Å². The van der Waals surface area contributed by atoms with Gasteiger partial charge in [0.1, 0.15) is 0 Å². The number of hydrogen-bond acceptors (Lipinski definition) is 3. The zero-order valence-electron chi connectivity index (χ0n) is 13.8. The number of aliphatic hydroxyl groups excluding tert-OH is 1. The summed E-state index contributed by atoms with van der Waals surface area (Å²) in [5, 5.41) is 20.8. The molecule has 0 aromatic rings. The maximum absolute atomic E-state index is 12.5. The summed E-state index contributed by atoms with van der Waals surface area (Å²) in [6.45, 7) is 2.03. The van der Waals surface area contributed by atoms with Crippen molar-refractivity contribution in [3.8, 4) is 12.3 Å². The van der Waals surface area contributed by atoms with Crippen LogP contribution in [0.3, 0.4) is 0 Å². The Balaban J connectivity index is 1.68. The van der Waals surface area contributed by atoms with Crippen LogP contribution in [-0.2, 0) is 4.79 Å². The first-order chi connectivity index (χ1) is 10.9. The number of carbonyl (C=O) groups excluding carboxylic acids is 1. The standard InChI is InChI=1S/C20H26O3/c1-3-20(23)18(22)11-17-16-6-4-12-10-13(21)5-7-14(12)15(16)8-9-19(17,20)2/h1,4,13-17,21,23H,5-11H2,2H3/t13-,14+,15?,16?,17?,19+,20+/m1/s1. The highest BCUT2D eigenvalue weighted by atomic mass is 16.3. The number of terminal acetylenes is 1. The van der Waals surface area contributed by atoms with Crippen molar-refractivity contribution in [2.45, 2.75) is 63.6 Å². The van der Waals surface area contributed by atoms with Crippen molar-refractivity contribution in [1.29, 1.82) is 0 Å². The maximum Gasteiger partial charge on any atom is 0.189 e. The van der Waals surface area contributed by atoms with Crippen molar-refractivity contribution in [1.82, 2.24) is 0 Å². The molecule has 3 nitrogen and oxygen atoms in total. The van der Waals surface area contributed by atoms with Gasteiger partial charge in [0.25, 0.3) is 0 Å². The summed E-state index contributed by atoms with van der Waals surface area (Å²) in [5.41, 5.74) is -0.611. The Morgan fingerprint density at radius 1 is 1.26 bits per heavy atom. The van der Waals surface area contributed by atoms with Crippen LogP contribution < -0.4 is 0 Å². The van der Waals surface area contributed by atoms with Crippen molar-refractivity contribution in [3.63, 3.8) is 0 Å². The Bertz CT molecular complexity index is 615. The number of rotatable bonds is 0. The highest BCUT2D eigenvalue weighted by Gasteiger charge is 2.65. The summed E-state index contributed by atoms with van der Waals surface area (Å²) < 4.78 is 0. The fraction of sp³-hybridized carbons (Fsp3) is 0.750. The number of Topliss-reactive ketones (excluding diaryl/α,β-unsaturated/α-hetero) is 1. The zero-order valence-corrected chi connectivity index (χ0v) is 13.8. The lowest BCUT2D eigenvalue weighted by Crippen LogP contribution is -2.53. The Hall–Kier alpha value is -1.11. The molecule has 3 unspecified atom stereocenters. The molecule has 23 heavy (non-hydrogen) atoms. The molecular formula is C20H26O3. The van der Waals surface area contributed by atoms with Gasteiger partial charge >= 0.3 is 0 Å². The van der Waals surface area contributed by atoms with Gasteiger partial charge in [0.15, 0.2) is 11.4 Å². The second-order valence-corrected chi connectivity index (χ2v) is 8.43. The molecule has 0 heterocycles. The molecule has 3 saturated carbocycles. The van der Waals surface area contributed by atoms with Gasteiger partial charge in [0.2, 0.25) is 0 Å². The Kier molecular flexibility index (Phi) is 3.31. The van der Waals surface area contributed by atoms with Crippen molar-refractivity contribution in [3.05, 3.63) is 11.6 Å². The van der Waals surface area contributed by atoms with Gasteiger partial charge in [-0.15, -0.1) is 6.42 Å². The first-order valence-electron chi connectivity index (χ1n) is 9.01. The predicted octanol–water partition coefficient (Wildman–Crippen LogP) is 2.46. The van der Waals surface area contributed by atoms with Gasteiger partial charge in [-0.25, -0.2) is 0 Å². The molecule has 0 aromatic carbocycles. The molecular weight excluding hydrogens is 288 g/mol. The van der Waals surface area contributed by atoms with Gasteiger partial charge in [-0.2, -0.15) is 0 Å². The smallest absolute Gasteiger partial charge is 0.189 e. The summed E-state index contributed by atoms with van der Waals surface area (Å²) in [6.07, 6.45) is 13.8. The fourth-order valence-corrected chi connectivity index (χ4v) is 6.31. The van der Waals surface area contributed by atoms with Crippen LogP contribution in [0.5, 0.6) is 0 Å². The Morgan fingerprint density at radius 2 is 2.04 bits per heavy atom. The number of carbonyl (C=O) groups is 1. The first kappa shape index (κ1) is 15.4. The largest absolute Gasteiger partial charge is 0.393 e. The van der Waals surface area contributed by atoms with E-state index in [1.807, 2.05) is 6.92 Å². The third kappa shape index (κ3) is 1.88. The topological polar surface area (TPSA) is 57.5 Å². The van der Waals surface area contributed by atoms with E-state index in [2.05, 4.69) is 12.0 Å². The van der Waals surface area contributed by atoms with Crippen LogP contribution >= 0.6 is 0 Å². The molecule has 2 N–H and O–H groups in total. The molecule has 0 aliphatic heterocycles. The van der Waals surface area contributed by atoms with Gasteiger partial charge in [0.05, 0.1) is 6.10 Å². The SMILES string of the molecule is C#C[C@]1(O)C(=O)CC2C3CC=C4C[C@H](O)CC[C@@H]4C3CC[C@@]21C. The second kappa shape index (κ2) is 4.94. The molecule has 7 atom stereocenters. The lowest BCUT2D eigenvalue weighted by Gasteiger charge is -2.53. The van der Waals surface area contributed by atoms with E-state index in [0.717, 1.165) is 38.5 Å². The maximum atomic E-state index is 12.5. The average Bonchev–Trinajstić information content (AvgIpc) is 2.75. The van der Waals surface area contributed by atoms with Crippen LogP contribution in [0, 0.1) is 41.4 Å². The van der Waals surface area contributed by atoms with Crippen LogP contribution in [0.15, 0.2) is 11.6 Å². The highest BCUT2D eigenvalue weighted by molar-refractivity contribution is 5.94. The molecule has 0 radical (unpaired) electrons. The second-order valence-electron chi connectivity index (χ2n) is 8.43. The molecule has 124 valence electrons. The lowest BCUT2D eigenvalue weighted by molar-refractivity contribution is -0.138. The summed E-state index contributed by atoms with van der Waals surface area (Å²) in [6, 6.07) is 0. The Labute approximate surface area is 138 Å². The monoisotopic (exact) mass is 314 g/mol. The summed E-state index contributed by atoms with van der Waals surface area (Å²) in [7, 11) is 0. The van der Waals surface area contributed by atoms with Crippen molar-refractivity contribution < 1.29 is 15.0 Å². The van der Waals surface area contributed by atoms with Gasteiger partial charge in [0, 0.05) is 11.8 Å². The van der Waals surface area contributed by atoms with Crippen LogP contribution in [0.2, 0.25) is 0 Å². The van der Waals surface area contributed by atoms with E-state index in [-0.39, 0.29) is 17.8 Å². The minimum Gasteiger partial charge on any atom is -0.393 e. The van der Waals surface area contributed by atoms with Crippen LogP contribution in [0.1, 0.15) is 51.9 Å². The molecule has 0 aromatic heterocycles. The molecule has 0 saturated heterocycles. The van der Waals surface area contributed by atoms with E-state index in [1.165, 1.54) is 5.57 Å². The van der Waals surface area contributed by atoms with Crippen molar-refractivity contribution in [2.75, 3.05) is 0 Å². The minimum atomic E-state index is -1.57. The first-order valence-corrected chi connectivity index (χ1v) is 9.01. The molecule has 4 rings (SSSR count). The van der Waals surface area contributed by atoms with E-state index in [9.17, 15) is 15.0 Å². The zero-order chi connectivity index (χ0) is 16.4. The average molecular weight is 314 g/mol. The molecule has 0 spiro atoms. The lowest BCUT2D eigenvalue weighted by atomic mass is 9.51. The molecule has 3 heteroatoms. The van der Waals surface area contributed by atoms with E-state index < -0.39 is 11.0 Å². The van der Waals surface area contributed by atoms with Crippen LogP contribution in [-0.4, -0.2) is 27.7 Å². The Morgan fingerprint density at radius 3 is 2.78 bits per heavy atom. The van der Waals surface area contributed by atoms with Crippen molar-refractivity contribution in [2.24, 2.45) is 29.1 Å². The van der Waals surface area contributed by atoms with Gasteiger partial charge < -0.3 is 10.2 Å². The number of aliphatic hydroxyl groups is 2. The van der Waals surface area contributed by atoms with E-state index in [1.54, 1.807) is 0 Å². The number of hydrogen-bond donors (Lipinski definition) is 2. The van der Waals surface area contributed by atoms with Crippen LogP contribution in [0.25, 0.3) is 0 Å². The minimum absolute atomic E-state index is 0.151. The summed E-state index contributed by atoms with van der Waals surface area (Å²) in [4.78, 5) is 12.5. The number of fused-ring (bicyclic) bond motifs is 5. The molecule has 3 fully saturated rings. The van der Waals surface area contributed by atoms with Crippen LogP contribution in [0.4, 0.5) is 0 Å². The van der Waals surface area contributed by atoms with Gasteiger partial charge in [-0.1, -0.05) is 24.5 Å². The molecule has 4 aliphatic rings. The normalized spacial score (nSPS) is 52.0. The van der Waals surface area contributed by atoms with E-state index in [0.29, 0.717) is 24.2 Å². The molecule has 0 bridgehead atoms. The summed E-state index contributed by atoms with van der Waals surface area (Å²) in [5.74, 6) is 4.09. The quantitative estimate of drug-likeness (QED) is 0.533. The summed E-state index contributed by atoms with van der Waals surface area (Å²) >= 11 is 0. The van der Waals surface area contributed by atoms with E-state index in [4.69, 9.17) is 6.42 Å². The number of ketones is 1. The van der Waals surface area contributed by atoms with E-state index >= 15 is 0 Å². The molecule has 4 aliphatic carbocycles.